The van der Waals surface area contributed by atoms with Crippen LogP contribution in [0.2, 0.25) is 0 Å². The molecule has 1 aromatic rings. The molecule has 0 bridgehead atoms. The number of halogens is 3. The SMILES string of the molecule is COCC(Oc1cccc(C(F)(F)F)c1)C(=O)O. The molecule has 18 heavy (non-hydrogen) atoms. The number of hydrogen-bond donors (Lipinski definition) is 1. The van der Waals surface area contributed by atoms with Crippen LogP contribution in [-0.4, -0.2) is 30.9 Å². The largest absolute Gasteiger partial charge is 0.478 e. The van der Waals surface area contributed by atoms with Crippen LogP contribution in [0.1, 0.15) is 5.56 Å². The summed E-state index contributed by atoms with van der Waals surface area (Å²) in [7, 11) is 1.27. The molecular formula is C11H11F3O4. The average molecular weight is 264 g/mol. The molecule has 1 atom stereocenters. The number of benzene rings is 1. The summed E-state index contributed by atoms with van der Waals surface area (Å²) < 4.78 is 46.8. The molecule has 1 aromatic carbocycles. The van der Waals surface area contributed by atoms with E-state index in [0.29, 0.717) is 0 Å². The first kappa shape index (κ1) is 14.3. The van der Waals surface area contributed by atoms with Crippen LogP contribution in [0.25, 0.3) is 0 Å². The molecule has 0 amide bonds. The second-order valence-corrected chi connectivity index (χ2v) is 3.43. The van der Waals surface area contributed by atoms with Gasteiger partial charge in [-0.25, -0.2) is 4.79 Å². The van der Waals surface area contributed by atoms with Crippen molar-refractivity contribution in [3.05, 3.63) is 29.8 Å². The molecule has 0 aliphatic heterocycles. The van der Waals surface area contributed by atoms with Crippen molar-refractivity contribution in [1.29, 1.82) is 0 Å². The van der Waals surface area contributed by atoms with Gasteiger partial charge in [0.1, 0.15) is 5.75 Å². The average Bonchev–Trinajstić information content (AvgIpc) is 2.27. The van der Waals surface area contributed by atoms with Crippen molar-refractivity contribution < 1.29 is 32.5 Å². The summed E-state index contributed by atoms with van der Waals surface area (Å²) in [6, 6.07) is 4.01. The maximum atomic E-state index is 12.4. The number of alkyl halides is 3. The minimum absolute atomic E-state index is 0.172. The first-order valence-corrected chi connectivity index (χ1v) is 4.90. The molecule has 1 rings (SSSR count). The van der Waals surface area contributed by atoms with Gasteiger partial charge in [0.15, 0.2) is 0 Å². The van der Waals surface area contributed by atoms with Crippen LogP contribution in [0.3, 0.4) is 0 Å². The van der Waals surface area contributed by atoms with Gasteiger partial charge >= 0.3 is 12.1 Å². The van der Waals surface area contributed by atoms with Crippen LogP contribution < -0.4 is 4.74 Å². The third-order valence-electron chi connectivity index (χ3n) is 2.03. The predicted octanol–water partition coefficient (Wildman–Crippen LogP) is 2.18. The lowest BCUT2D eigenvalue weighted by Gasteiger charge is -2.15. The van der Waals surface area contributed by atoms with Gasteiger partial charge in [0.05, 0.1) is 12.2 Å². The lowest BCUT2D eigenvalue weighted by molar-refractivity contribution is -0.147. The summed E-state index contributed by atoms with van der Waals surface area (Å²) >= 11 is 0. The molecule has 0 fully saturated rings. The highest BCUT2D eigenvalue weighted by Gasteiger charge is 2.31. The first-order chi connectivity index (χ1) is 8.34. The lowest BCUT2D eigenvalue weighted by Crippen LogP contribution is -2.31. The number of methoxy groups -OCH3 is 1. The van der Waals surface area contributed by atoms with Crippen molar-refractivity contribution in [3.63, 3.8) is 0 Å². The number of carboxylic acids is 1. The van der Waals surface area contributed by atoms with Crippen LogP contribution >= 0.6 is 0 Å². The van der Waals surface area contributed by atoms with Crippen molar-refractivity contribution in [2.24, 2.45) is 0 Å². The number of carbonyl (C=O) groups is 1. The topological polar surface area (TPSA) is 55.8 Å². The molecule has 0 aromatic heterocycles. The van der Waals surface area contributed by atoms with Crippen molar-refractivity contribution in [3.8, 4) is 5.75 Å². The third kappa shape index (κ3) is 3.92. The summed E-state index contributed by atoms with van der Waals surface area (Å²) in [4.78, 5) is 10.7. The zero-order valence-corrected chi connectivity index (χ0v) is 9.40. The van der Waals surface area contributed by atoms with Crippen molar-refractivity contribution in [2.75, 3.05) is 13.7 Å². The van der Waals surface area contributed by atoms with E-state index in [1.54, 1.807) is 0 Å². The maximum absolute atomic E-state index is 12.4. The van der Waals surface area contributed by atoms with Crippen LogP contribution in [-0.2, 0) is 15.7 Å². The fourth-order valence-electron chi connectivity index (χ4n) is 1.22. The summed E-state index contributed by atoms with van der Waals surface area (Å²) in [6.45, 7) is -0.258. The zero-order valence-electron chi connectivity index (χ0n) is 9.40. The van der Waals surface area contributed by atoms with Gasteiger partial charge in [-0.15, -0.1) is 0 Å². The normalized spacial score (nSPS) is 13.1. The second-order valence-electron chi connectivity index (χ2n) is 3.43. The molecule has 1 unspecified atom stereocenters. The summed E-state index contributed by atoms with van der Waals surface area (Å²) in [5, 5.41) is 8.77. The Morgan fingerprint density at radius 2 is 2.11 bits per heavy atom. The summed E-state index contributed by atoms with van der Waals surface area (Å²) in [5.41, 5.74) is -0.901. The molecule has 0 heterocycles. The van der Waals surface area contributed by atoms with Crippen molar-refractivity contribution in [2.45, 2.75) is 12.3 Å². The maximum Gasteiger partial charge on any atom is 0.416 e. The van der Waals surface area contributed by atoms with Crippen LogP contribution in [0.5, 0.6) is 5.75 Å². The number of carboxylic acid groups (broad SMARTS) is 1. The van der Waals surface area contributed by atoms with Crippen LogP contribution in [0.4, 0.5) is 13.2 Å². The molecule has 4 nitrogen and oxygen atoms in total. The monoisotopic (exact) mass is 264 g/mol. The van der Waals surface area contributed by atoms with Crippen molar-refractivity contribution >= 4 is 5.97 Å². The van der Waals surface area contributed by atoms with E-state index in [4.69, 9.17) is 9.84 Å². The van der Waals surface area contributed by atoms with Gasteiger partial charge in [-0.1, -0.05) is 6.07 Å². The Balaban J connectivity index is 2.87. The molecular weight excluding hydrogens is 253 g/mol. The number of rotatable bonds is 5. The van der Waals surface area contributed by atoms with Gasteiger partial charge in [-0.3, -0.25) is 0 Å². The van der Waals surface area contributed by atoms with Crippen molar-refractivity contribution in [1.82, 2.24) is 0 Å². The minimum atomic E-state index is -4.50. The van der Waals surface area contributed by atoms with E-state index in [9.17, 15) is 18.0 Å². The van der Waals surface area contributed by atoms with E-state index < -0.39 is 23.8 Å². The van der Waals surface area contributed by atoms with E-state index in [2.05, 4.69) is 4.74 Å². The van der Waals surface area contributed by atoms with E-state index in [0.717, 1.165) is 18.2 Å². The smallest absolute Gasteiger partial charge is 0.416 e. The van der Waals surface area contributed by atoms with E-state index in [1.807, 2.05) is 0 Å². The molecule has 1 N–H and O–H groups in total. The third-order valence-corrected chi connectivity index (χ3v) is 2.03. The van der Waals surface area contributed by atoms with Gasteiger partial charge in [0, 0.05) is 7.11 Å². The standard InChI is InChI=1S/C11H11F3O4/c1-17-6-9(10(15)16)18-8-4-2-3-7(5-8)11(12,13)14/h2-5,9H,6H2,1H3,(H,15,16). The van der Waals surface area contributed by atoms with Gasteiger partial charge in [0.2, 0.25) is 6.10 Å². The highest BCUT2D eigenvalue weighted by molar-refractivity contribution is 5.72. The van der Waals surface area contributed by atoms with E-state index in [-0.39, 0.29) is 12.4 Å². The van der Waals surface area contributed by atoms with E-state index in [1.165, 1.54) is 13.2 Å². The highest BCUT2D eigenvalue weighted by atomic mass is 19.4. The van der Waals surface area contributed by atoms with E-state index >= 15 is 0 Å². The molecule has 0 spiro atoms. The Morgan fingerprint density at radius 1 is 1.44 bits per heavy atom. The Kier molecular flexibility index (Phi) is 4.55. The van der Waals surface area contributed by atoms with Gasteiger partial charge < -0.3 is 14.6 Å². The minimum Gasteiger partial charge on any atom is -0.478 e. The summed E-state index contributed by atoms with van der Waals surface area (Å²) in [6.07, 6.45) is -5.85. The Morgan fingerprint density at radius 3 is 2.61 bits per heavy atom. The number of hydrogen-bond acceptors (Lipinski definition) is 3. The Hall–Kier alpha value is -1.76. The summed E-state index contributed by atoms with van der Waals surface area (Å²) in [5.74, 6) is -1.48. The fourth-order valence-corrected chi connectivity index (χ4v) is 1.22. The molecule has 0 aliphatic carbocycles. The Bertz CT molecular complexity index is 417. The molecule has 100 valence electrons. The number of ether oxygens (including phenoxy) is 2. The van der Waals surface area contributed by atoms with Crippen LogP contribution in [0, 0.1) is 0 Å². The second kappa shape index (κ2) is 5.72. The molecule has 0 aliphatic rings. The highest BCUT2D eigenvalue weighted by Crippen LogP contribution is 2.31. The fraction of sp³-hybridized carbons (Fsp3) is 0.364. The number of aliphatic carboxylic acids is 1. The van der Waals surface area contributed by atoms with Crippen LogP contribution in [0.15, 0.2) is 24.3 Å². The first-order valence-electron chi connectivity index (χ1n) is 4.90. The van der Waals surface area contributed by atoms with Gasteiger partial charge in [-0.2, -0.15) is 13.2 Å². The zero-order chi connectivity index (χ0) is 13.8. The predicted molar refractivity (Wildman–Crippen MR) is 55.4 cm³/mol. The quantitative estimate of drug-likeness (QED) is 0.885. The molecule has 0 saturated heterocycles. The molecule has 0 saturated carbocycles. The van der Waals surface area contributed by atoms with Gasteiger partial charge in [0.25, 0.3) is 0 Å². The molecule has 7 heteroatoms. The molecule has 0 radical (unpaired) electrons. The Labute approximate surface area is 101 Å². The lowest BCUT2D eigenvalue weighted by atomic mass is 10.2. The van der Waals surface area contributed by atoms with Gasteiger partial charge in [-0.05, 0) is 18.2 Å².